The lowest BCUT2D eigenvalue weighted by atomic mass is 10.1. The monoisotopic (exact) mass is 461 g/mol. The maximum atomic E-state index is 13.5. The van der Waals surface area contributed by atoms with Gasteiger partial charge in [-0.15, -0.1) is 0 Å². The van der Waals surface area contributed by atoms with Gasteiger partial charge in [-0.05, 0) is 23.9 Å². The van der Waals surface area contributed by atoms with E-state index >= 15 is 0 Å². The van der Waals surface area contributed by atoms with Crippen molar-refractivity contribution in [3.05, 3.63) is 77.3 Å². The molecule has 3 unspecified atom stereocenters. The topological polar surface area (TPSA) is 70.2 Å². The van der Waals surface area contributed by atoms with E-state index in [4.69, 9.17) is 16.3 Å². The van der Waals surface area contributed by atoms with Gasteiger partial charge in [0.15, 0.2) is 0 Å². The Morgan fingerprint density at radius 3 is 2.61 bits per heavy atom. The van der Waals surface area contributed by atoms with Crippen LogP contribution in [0.3, 0.4) is 0 Å². The number of nitrogens with zero attached hydrogens (tertiary/aromatic N) is 3. The average molecular weight is 462 g/mol. The minimum Gasteiger partial charge on any atom is -0.444 e. The summed E-state index contributed by atoms with van der Waals surface area (Å²) in [5.74, 6) is -0.299. The van der Waals surface area contributed by atoms with Crippen molar-refractivity contribution < 1.29 is 19.1 Å². The van der Waals surface area contributed by atoms with Gasteiger partial charge in [-0.3, -0.25) is 4.79 Å². The molecule has 3 atom stereocenters. The number of piperazine rings is 1. The number of rotatable bonds is 3. The van der Waals surface area contributed by atoms with E-state index in [2.05, 4.69) is 0 Å². The Balaban J connectivity index is 1.25. The number of ether oxygens (including phenoxy) is 1. The second kappa shape index (κ2) is 7.49. The van der Waals surface area contributed by atoms with Crippen LogP contribution in [0.15, 0.2) is 66.7 Å². The summed E-state index contributed by atoms with van der Waals surface area (Å²) < 4.78 is 5.50. The first-order valence-corrected chi connectivity index (χ1v) is 11.2. The summed E-state index contributed by atoms with van der Waals surface area (Å²) in [6.45, 7) is 0.403. The van der Waals surface area contributed by atoms with E-state index in [0.29, 0.717) is 29.2 Å². The van der Waals surface area contributed by atoms with Gasteiger partial charge >= 0.3 is 12.1 Å². The molecule has 33 heavy (non-hydrogen) atoms. The number of anilines is 1. The zero-order valence-electron chi connectivity index (χ0n) is 17.6. The minimum absolute atomic E-state index is 0.0514. The molecule has 166 valence electrons. The number of amides is 4. The molecule has 3 aliphatic heterocycles. The number of benzene rings is 3. The van der Waals surface area contributed by atoms with Crippen LogP contribution in [0.1, 0.15) is 12.0 Å². The summed E-state index contributed by atoms with van der Waals surface area (Å²) in [5, 5.41) is 2.32. The van der Waals surface area contributed by atoms with Gasteiger partial charge in [0.2, 0.25) is 0 Å². The standard InChI is InChI=1S/C25H20ClN3O4/c26-19-10-4-2-7-16(19)14-33-25(32)27-13-17-12-21(27)22-23(30)29(24(31)28(17)22)20-11-5-8-15-6-1-3-9-18(15)20/h1-11,17,21-22H,12-14H2. The van der Waals surface area contributed by atoms with E-state index in [1.54, 1.807) is 28.0 Å². The molecule has 3 aromatic rings. The van der Waals surface area contributed by atoms with Crippen molar-refractivity contribution >= 4 is 46.1 Å². The van der Waals surface area contributed by atoms with E-state index < -0.39 is 18.2 Å². The van der Waals surface area contributed by atoms with E-state index in [-0.39, 0.29) is 24.6 Å². The van der Waals surface area contributed by atoms with E-state index in [9.17, 15) is 14.4 Å². The number of likely N-dealkylation sites (tertiary alicyclic amines) is 1. The third-order valence-corrected chi connectivity index (χ3v) is 7.18. The molecule has 0 aliphatic carbocycles. The van der Waals surface area contributed by atoms with Crippen LogP contribution in [0.4, 0.5) is 15.3 Å². The van der Waals surface area contributed by atoms with Gasteiger partial charge in [0, 0.05) is 22.5 Å². The van der Waals surface area contributed by atoms with Crippen LogP contribution in [0.25, 0.3) is 10.8 Å². The molecule has 3 aromatic carbocycles. The van der Waals surface area contributed by atoms with Crippen LogP contribution < -0.4 is 4.90 Å². The first kappa shape index (κ1) is 20.1. The molecule has 0 saturated carbocycles. The van der Waals surface area contributed by atoms with Crippen LogP contribution in [0.2, 0.25) is 5.02 Å². The van der Waals surface area contributed by atoms with Gasteiger partial charge in [-0.25, -0.2) is 14.5 Å². The molecule has 2 bridgehead atoms. The maximum Gasteiger partial charge on any atom is 0.410 e. The number of imide groups is 1. The Bertz CT molecular complexity index is 1310. The number of fused-ring (bicyclic) bond motifs is 6. The molecule has 3 saturated heterocycles. The van der Waals surface area contributed by atoms with Crippen molar-refractivity contribution in [2.45, 2.75) is 31.2 Å². The predicted molar refractivity (Wildman–Crippen MR) is 123 cm³/mol. The highest BCUT2D eigenvalue weighted by atomic mass is 35.5. The molecule has 0 N–H and O–H groups in total. The van der Waals surface area contributed by atoms with Gasteiger partial charge in [0.05, 0.1) is 17.8 Å². The molecule has 8 heteroatoms. The van der Waals surface area contributed by atoms with E-state index in [1.807, 2.05) is 48.5 Å². The zero-order valence-corrected chi connectivity index (χ0v) is 18.3. The smallest absolute Gasteiger partial charge is 0.410 e. The summed E-state index contributed by atoms with van der Waals surface area (Å²) in [4.78, 5) is 44.2. The molecule has 7 nitrogen and oxygen atoms in total. The molecular weight excluding hydrogens is 442 g/mol. The lowest BCUT2D eigenvalue weighted by Crippen LogP contribution is -2.54. The number of halogens is 1. The lowest BCUT2D eigenvalue weighted by Gasteiger charge is -2.34. The molecule has 3 aliphatic rings. The maximum absolute atomic E-state index is 13.5. The average Bonchev–Trinajstić information content (AvgIpc) is 3.49. The first-order valence-electron chi connectivity index (χ1n) is 10.9. The van der Waals surface area contributed by atoms with Crippen molar-refractivity contribution in [2.75, 3.05) is 11.4 Å². The summed E-state index contributed by atoms with van der Waals surface area (Å²) >= 11 is 6.16. The fraction of sp³-hybridized carbons (Fsp3) is 0.240. The Hall–Kier alpha value is -3.58. The van der Waals surface area contributed by atoms with Crippen LogP contribution >= 0.6 is 11.6 Å². The van der Waals surface area contributed by atoms with Crippen molar-refractivity contribution in [2.24, 2.45) is 0 Å². The van der Waals surface area contributed by atoms with Crippen molar-refractivity contribution in [1.82, 2.24) is 9.80 Å². The highest BCUT2D eigenvalue weighted by molar-refractivity contribution is 6.31. The van der Waals surface area contributed by atoms with Gasteiger partial charge < -0.3 is 14.5 Å². The Labute approximate surface area is 195 Å². The zero-order chi connectivity index (χ0) is 22.7. The highest BCUT2D eigenvalue weighted by Crippen LogP contribution is 2.43. The van der Waals surface area contributed by atoms with Crippen molar-refractivity contribution in [3.63, 3.8) is 0 Å². The summed E-state index contributed by atoms with van der Waals surface area (Å²) in [5.41, 5.74) is 1.29. The molecule has 3 fully saturated rings. The van der Waals surface area contributed by atoms with Gasteiger partial charge in [-0.2, -0.15) is 0 Å². The van der Waals surface area contributed by atoms with Crippen molar-refractivity contribution in [3.8, 4) is 0 Å². The van der Waals surface area contributed by atoms with E-state index in [0.717, 1.165) is 10.8 Å². The molecule has 0 radical (unpaired) electrons. The molecule has 4 amide bonds. The highest BCUT2D eigenvalue weighted by Gasteiger charge is 2.63. The summed E-state index contributed by atoms with van der Waals surface area (Å²) in [6.07, 6.45) is 0.0816. The number of hydrogen-bond donors (Lipinski definition) is 0. The third kappa shape index (κ3) is 2.99. The van der Waals surface area contributed by atoms with Gasteiger partial charge in [-0.1, -0.05) is 66.2 Å². The second-order valence-corrected chi connectivity index (χ2v) is 8.97. The molecule has 3 heterocycles. The third-order valence-electron chi connectivity index (χ3n) is 6.82. The Morgan fingerprint density at radius 2 is 1.76 bits per heavy atom. The molecule has 0 spiro atoms. The van der Waals surface area contributed by atoms with Gasteiger partial charge in [0.1, 0.15) is 12.6 Å². The van der Waals surface area contributed by atoms with Crippen LogP contribution in [-0.4, -0.2) is 52.5 Å². The SMILES string of the molecule is O=C1C2C3CC(CN3C(=O)OCc3ccccc3Cl)N2C(=O)N1c1cccc2ccccc12. The molecule has 6 rings (SSSR count). The number of hydrogen-bond acceptors (Lipinski definition) is 4. The van der Waals surface area contributed by atoms with E-state index in [1.165, 1.54) is 4.90 Å². The van der Waals surface area contributed by atoms with Gasteiger partial charge in [0.25, 0.3) is 5.91 Å². The fourth-order valence-corrected chi connectivity index (χ4v) is 5.52. The largest absolute Gasteiger partial charge is 0.444 e. The number of carbonyl (C=O) groups is 3. The molecular formula is C25H20ClN3O4. The number of urea groups is 1. The molecule has 0 aromatic heterocycles. The van der Waals surface area contributed by atoms with Crippen LogP contribution in [0, 0.1) is 0 Å². The quantitative estimate of drug-likeness (QED) is 0.541. The number of carbonyl (C=O) groups excluding carboxylic acids is 3. The lowest BCUT2D eigenvalue weighted by molar-refractivity contribution is -0.121. The Morgan fingerprint density at radius 1 is 1.00 bits per heavy atom. The van der Waals surface area contributed by atoms with Crippen LogP contribution in [0.5, 0.6) is 0 Å². The van der Waals surface area contributed by atoms with Crippen molar-refractivity contribution in [1.29, 1.82) is 0 Å². The normalized spacial score (nSPS) is 23.5. The second-order valence-electron chi connectivity index (χ2n) is 8.56. The van der Waals surface area contributed by atoms with Crippen LogP contribution in [-0.2, 0) is 16.1 Å². The first-order chi connectivity index (χ1) is 16.0. The fourth-order valence-electron chi connectivity index (χ4n) is 5.33. The Kier molecular flexibility index (Phi) is 4.55. The summed E-state index contributed by atoms with van der Waals surface area (Å²) in [6, 6.07) is 18.8. The summed E-state index contributed by atoms with van der Waals surface area (Å²) in [7, 11) is 0. The minimum atomic E-state index is -0.692. The predicted octanol–water partition coefficient (Wildman–Crippen LogP) is 4.42.